The van der Waals surface area contributed by atoms with E-state index in [1.54, 1.807) is 0 Å². The number of nitrogens with zero attached hydrogens (tertiary/aromatic N) is 1. The highest BCUT2D eigenvalue weighted by Crippen LogP contribution is 2.39. The molecule has 10 heteroatoms. The van der Waals surface area contributed by atoms with Crippen LogP contribution in [0.2, 0.25) is 0 Å². The van der Waals surface area contributed by atoms with Crippen molar-refractivity contribution in [1.29, 1.82) is 0 Å². The number of halogens is 6. The summed E-state index contributed by atoms with van der Waals surface area (Å²) in [6.07, 6.45) is -7.31. The van der Waals surface area contributed by atoms with Gasteiger partial charge in [-0.2, -0.15) is 26.3 Å². The van der Waals surface area contributed by atoms with Crippen molar-refractivity contribution in [2.75, 3.05) is 26.2 Å². The lowest BCUT2D eigenvalue weighted by Crippen LogP contribution is -2.39. The summed E-state index contributed by atoms with van der Waals surface area (Å²) in [6, 6.07) is 0.745. The van der Waals surface area contributed by atoms with Crippen molar-refractivity contribution in [2.45, 2.75) is 51.5 Å². The van der Waals surface area contributed by atoms with E-state index in [2.05, 4.69) is 24.1 Å². The number of alkyl halides is 6. The molecule has 0 saturated carbocycles. The Morgan fingerprint density at radius 2 is 1.36 bits per heavy atom. The van der Waals surface area contributed by atoms with Gasteiger partial charge in [-0.3, -0.25) is 9.59 Å². The first-order chi connectivity index (χ1) is 11.3. The van der Waals surface area contributed by atoms with E-state index in [0.29, 0.717) is 5.41 Å². The van der Waals surface area contributed by atoms with Crippen LogP contribution in [-0.2, 0) is 9.59 Å². The number of carbonyl (C=O) groups excluding carboxylic acids is 2. The van der Waals surface area contributed by atoms with Crippen molar-refractivity contribution in [3.05, 3.63) is 0 Å². The van der Waals surface area contributed by atoms with Crippen LogP contribution in [0, 0.1) is 5.41 Å². The maximum absolute atomic E-state index is 11.2. The van der Waals surface area contributed by atoms with Crippen molar-refractivity contribution in [2.24, 2.45) is 5.41 Å². The molecule has 0 aromatic rings. The van der Waals surface area contributed by atoms with E-state index in [0.717, 1.165) is 6.04 Å². The van der Waals surface area contributed by atoms with Gasteiger partial charge in [-0.15, -0.1) is 0 Å². The molecule has 0 aromatic carbocycles. The molecule has 146 valence electrons. The van der Waals surface area contributed by atoms with Gasteiger partial charge in [-0.05, 0) is 58.2 Å². The van der Waals surface area contributed by atoms with Crippen LogP contribution in [-0.4, -0.2) is 61.0 Å². The maximum atomic E-state index is 11.2. The van der Waals surface area contributed by atoms with Gasteiger partial charge in [0.25, 0.3) is 0 Å². The van der Waals surface area contributed by atoms with Crippen molar-refractivity contribution in [3.63, 3.8) is 0 Å². The van der Waals surface area contributed by atoms with Crippen LogP contribution in [0.1, 0.15) is 33.1 Å². The largest absolute Gasteiger partial charge is 0.458 e. The average Bonchev–Trinajstić information content (AvgIpc) is 2.89. The molecular weight excluding hydrogens is 354 g/mol. The predicted molar refractivity (Wildman–Crippen MR) is 78.0 cm³/mol. The number of carbonyl (C=O) groups is 2. The molecule has 0 radical (unpaired) electrons. The van der Waals surface area contributed by atoms with Gasteiger partial charge < -0.3 is 10.2 Å². The number of nitrogens with one attached hydrogen (secondary N) is 1. The Bertz CT molecular complexity index is 457. The van der Waals surface area contributed by atoms with E-state index in [-0.39, 0.29) is 0 Å². The van der Waals surface area contributed by atoms with Gasteiger partial charge in [-0.1, -0.05) is 0 Å². The third-order valence-corrected chi connectivity index (χ3v) is 4.58. The molecule has 0 amide bonds. The first-order valence-electron chi connectivity index (χ1n) is 7.96. The Labute approximate surface area is 141 Å². The lowest BCUT2D eigenvalue weighted by Gasteiger charge is -2.34. The SMILES string of the molecule is CC(C)N1CCC2(CCNCC2)C1.O=C(C(=O)C(F)(F)F)C(F)(F)F. The lowest BCUT2D eigenvalue weighted by atomic mass is 9.78. The molecule has 4 nitrogen and oxygen atoms in total. The first kappa shape index (κ1) is 21.9. The summed E-state index contributed by atoms with van der Waals surface area (Å²) in [5.41, 5.74) is 0.690. The summed E-state index contributed by atoms with van der Waals surface area (Å²) < 4.78 is 67.0. The molecule has 2 rings (SSSR count). The molecule has 2 aliphatic heterocycles. The van der Waals surface area contributed by atoms with Crippen LogP contribution in [0.25, 0.3) is 0 Å². The molecule has 0 atom stereocenters. The Morgan fingerprint density at radius 1 is 0.920 bits per heavy atom. The van der Waals surface area contributed by atoms with Crippen molar-refractivity contribution in [1.82, 2.24) is 10.2 Å². The summed E-state index contributed by atoms with van der Waals surface area (Å²) in [5, 5.41) is 3.46. The Kier molecular flexibility index (Phi) is 7.03. The number of likely N-dealkylation sites (tertiary alicyclic amines) is 1. The third-order valence-electron chi connectivity index (χ3n) is 4.58. The second kappa shape index (κ2) is 8.03. The number of hydrogen-bond acceptors (Lipinski definition) is 4. The molecule has 25 heavy (non-hydrogen) atoms. The summed E-state index contributed by atoms with van der Waals surface area (Å²) in [7, 11) is 0. The van der Waals surface area contributed by atoms with Gasteiger partial charge in [0.1, 0.15) is 0 Å². The van der Waals surface area contributed by atoms with Gasteiger partial charge in [0.15, 0.2) is 0 Å². The molecule has 1 N–H and O–H groups in total. The summed E-state index contributed by atoms with van der Waals surface area (Å²) >= 11 is 0. The summed E-state index contributed by atoms with van der Waals surface area (Å²) in [4.78, 5) is 21.9. The molecule has 2 fully saturated rings. The molecule has 0 unspecified atom stereocenters. The van der Waals surface area contributed by atoms with E-state index in [1.165, 1.54) is 45.4 Å². The van der Waals surface area contributed by atoms with Crippen LogP contribution in [0.5, 0.6) is 0 Å². The molecule has 2 saturated heterocycles. The monoisotopic (exact) mass is 376 g/mol. The van der Waals surface area contributed by atoms with Crippen LogP contribution < -0.4 is 5.32 Å². The molecule has 0 aromatic heterocycles. The summed E-state index contributed by atoms with van der Waals surface area (Å²) in [5.74, 6) is -6.81. The van der Waals surface area contributed by atoms with Crippen LogP contribution in [0.4, 0.5) is 26.3 Å². The fourth-order valence-corrected chi connectivity index (χ4v) is 3.03. The quantitative estimate of drug-likeness (QED) is 0.595. The Hall–Kier alpha value is -1.16. The Balaban J connectivity index is 0.000000252. The molecule has 0 bridgehead atoms. The fraction of sp³-hybridized carbons (Fsp3) is 0.867. The smallest absolute Gasteiger partial charge is 0.317 e. The number of hydrogen-bond donors (Lipinski definition) is 1. The zero-order chi connectivity index (χ0) is 19.5. The standard InChI is InChI=1S/C11H22N2.C4F6O2/c1-10(2)13-8-5-11(9-13)3-6-12-7-4-11;5-3(6,7)1(11)2(12)4(8,9)10/h10,12H,3-9H2,1-2H3;. The van der Waals surface area contributed by atoms with Crippen LogP contribution >= 0.6 is 0 Å². The second-order valence-electron chi connectivity index (χ2n) is 6.72. The lowest BCUT2D eigenvalue weighted by molar-refractivity contribution is -0.193. The second-order valence-corrected chi connectivity index (χ2v) is 6.72. The molecular formula is C15H22F6N2O2. The minimum Gasteiger partial charge on any atom is -0.317 e. The zero-order valence-corrected chi connectivity index (χ0v) is 14.1. The number of ketones is 2. The minimum atomic E-state index is -5.77. The van der Waals surface area contributed by atoms with Gasteiger partial charge in [0.2, 0.25) is 0 Å². The van der Waals surface area contributed by atoms with Crippen LogP contribution in [0.15, 0.2) is 0 Å². The number of rotatable bonds is 2. The first-order valence-corrected chi connectivity index (χ1v) is 7.96. The van der Waals surface area contributed by atoms with Crippen molar-refractivity contribution >= 4 is 11.6 Å². The van der Waals surface area contributed by atoms with Crippen LogP contribution in [0.3, 0.4) is 0 Å². The third kappa shape index (κ3) is 6.25. The highest BCUT2D eigenvalue weighted by atomic mass is 19.4. The van der Waals surface area contributed by atoms with Gasteiger partial charge in [0, 0.05) is 12.6 Å². The van der Waals surface area contributed by atoms with E-state index in [9.17, 15) is 35.9 Å². The summed E-state index contributed by atoms with van der Waals surface area (Å²) in [6.45, 7) is 9.81. The molecule has 2 heterocycles. The van der Waals surface area contributed by atoms with Gasteiger partial charge in [-0.25, -0.2) is 0 Å². The number of piperidine rings is 1. The molecule has 2 aliphatic rings. The fourth-order valence-electron chi connectivity index (χ4n) is 3.03. The van der Waals surface area contributed by atoms with Crippen molar-refractivity contribution in [3.8, 4) is 0 Å². The highest BCUT2D eigenvalue weighted by Gasteiger charge is 2.54. The minimum absolute atomic E-state index is 0.690. The van der Waals surface area contributed by atoms with E-state index in [1.807, 2.05) is 0 Å². The van der Waals surface area contributed by atoms with E-state index < -0.39 is 23.9 Å². The normalized spacial score (nSPS) is 21.2. The molecule has 1 spiro atoms. The topological polar surface area (TPSA) is 49.4 Å². The highest BCUT2D eigenvalue weighted by molar-refractivity contribution is 6.41. The number of Topliss-reactive ketones (excluding diaryl/α,β-unsaturated/α-hetero) is 2. The van der Waals surface area contributed by atoms with Gasteiger partial charge in [0.05, 0.1) is 0 Å². The van der Waals surface area contributed by atoms with E-state index >= 15 is 0 Å². The zero-order valence-electron chi connectivity index (χ0n) is 14.1. The van der Waals surface area contributed by atoms with Crippen molar-refractivity contribution < 1.29 is 35.9 Å². The maximum Gasteiger partial charge on any atom is 0.458 e. The average molecular weight is 376 g/mol. The Morgan fingerprint density at radius 3 is 1.68 bits per heavy atom. The molecule has 0 aliphatic carbocycles. The van der Waals surface area contributed by atoms with Gasteiger partial charge >= 0.3 is 23.9 Å². The predicted octanol–water partition coefficient (Wildman–Crippen LogP) is 2.72. The van der Waals surface area contributed by atoms with E-state index in [4.69, 9.17) is 0 Å².